The number of carbonyl (C=O) groups is 1. The topological polar surface area (TPSA) is 66.4 Å². The molecule has 34 heavy (non-hydrogen) atoms. The van der Waals surface area contributed by atoms with Gasteiger partial charge in [0.2, 0.25) is 5.91 Å². The van der Waals surface area contributed by atoms with Crippen LogP contribution in [0, 0.1) is 0 Å². The summed E-state index contributed by atoms with van der Waals surface area (Å²) >= 11 is 0. The van der Waals surface area contributed by atoms with E-state index in [9.17, 15) is 4.79 Å². The molecular formula is C27H32N4O3. The second-order valence-corrected chi connectivity index (χ2v) is 9.10. The zero-order valence-electron chi connectivity index (χ0n) is 19.9. The smallest absolute Gasteiger partial charge is 0.221 e. The van der Waals surface area contributed by atoms with Crippen LogP contribution in [0.3, 0.4) is 0 Å². The highest BCUT2D eigenvalue weighted by molar-refractivity contribution is 5.98. The van der Waals surface area contributed by atoms with Gasteiger partial charge in [-0.1, -0.05) is 17.7 Å². The second kappa shape index (κ2) is 9.99. The van der Waals surface area contributed by atoms with Gasteiger partial charge in [-0.3, -0.25) is 14.7 Å². The second-order valence-electron chi connectivity index (χ2n) is 9.10. The normalized spacial score (nSPS) is 22.4. The summed E-state index contributed by atoms with van der Waals surface area (Å²) in [7, 11) is 1.64. The van der Waals surface area contributed by atoms with Crippen LogP contribution in [-0.4, -0.2) is 68.0 Å². The first kappa shape index (κ1) is 22.6. The van der Waals surface area contributed by atoms with Crippen molar-refractivity contribution in [3.05, 3.63) is 71.0 Å². The molecule has 0 radical (unpaired) electrons. The van der Waals surface area contributed by atoms with Crippen LogP contribution in [0.25, 0.3) is 0 Å². The van der Waals surface area contributed by atoms with Crippen LogP contribution in [0.2, 0.25) is 0 Å². The molecule has 1 N–H and O–H groups in total. The monoisotopic (exact) mass is 460 g/mol. The number of anilines is 1. The molecule has 0 spiro atoms. The van der Waals surface area contributed by atoms with E-state index in [1.807, 2.05) is 18.2 Å². The number of amidine groups is 1. The Bertz CT molecular complexity index is 1110. The number of nitrogens with one attached hydrogen (secondary N) is 1. The third-order valence-electron chi connectivity index (χ3n) is 6.65. The van der Waals surface area contributed by atoms with Crippen LogP contribution in [0.5, 0.6) is 5.75 Å². The van der Waals surface area contributed by atoms with Gasteiger partial charge in [0.1, 0.15) is 11.6 Å². The summed E-state index contributed by atoms with van der Waals surface area (Å²) < 4.78 is 11.0. The largest absolute Gasteiger partial charge is 0.497 e. The number of hydrogen-bond donors (Lipinski definition) is 1. The minimum Gasteiger partial charge on any atom is -0.497 e. The van der Waals surface area contributed by atoms with Crippen molar-refractivity contribution < 1.29 is 14.3 Å². The number of ether oxygens (including phenoxy) is 2. The van der Waals surface area contributed by atoms with Crippen LogP contribution < -0.4 is 10.1 Å². The predicted molar refractivity (Wildman–Crippen MR) is 134 cm³/mol. The third-order valence-corrected chi connectivity index (χ3v) is 6.65. The quantitative estimate of drug-likeness (QED) is 0.699. The molecule has 1 fully saturated rings. The molecule has 178 valence electrons. The number of fused-ring (bicyclic) bond motifs is 1. The molecule has 1 atom stereocenters. The molecule has 3 heterocycles. The van der Waals surface area contributed by atoms with Gasteiger partial charge in [-0.05, 0) is 53.8 Å². The number of benzene rings is 1. The molecule has 5 rings (SSSR count). The molecule has 1 saturated heterocycles. The number of nitrogens with zero attached hydrogens (tertiary/aromatic N) is 3. The summed E-state index contributed by atoms with van der Waals surface area (Å²) in [6, 6.07) is 5.93. The van der Waals surface area contributed by atoms with Gasteiger partial charge in [0, 0.05) is 44.5 Å². The Morgan fingerprint density at radius 3 is 2.85 bits per heavy atom. The van der Waals surface area contributed by atoms with Crippen LogP contribution in [0.1, 0.15) is 31.4 Å². The number of methoxy groups -OCH3 is 1. The highest BCUT2D eigenvalue weighted by Gasteiger charge is 2.29. The highest BCUT2D eigenvalue weighted by Crippen LogP contribution is 2.35. The number of hydrogen-bond acceptors (Lipinski definition) is 6. The van der Waals surface area contributed by atoms with Crippen molar-refractivity contribution in [2.45, 2.75) is 25.8 Å². The molecule has 1 aliphatic carbocycles. The SMILES string of the molecule is COc1cc(NC(C)=O)cc(C2CN=C3C=C(C4=CCCC(CN5CCOCC5)=C4)C=CN32)c1. The summed E-state index contributed by atoms with van der Waals surface area (Å²) in [5.41, 5.74) is 5.78. The first-order valence-corrected chi connectivity index (χ1v) is 12.0. The molecular weight excluding hydrogens is 428 g/mol. The fourth-order valence-electron chi connectivity index (χ4n) is 4.95. The summed E-state index contributed by atoms with van der Waals surface area (Å²) in [5.74, 6) is 1.59. The standard InChI is InChI=1S/C27H32N4O3/c1-19(32)29-24-13-23(14-25(16-24)33-2)26-17-28-27-15-22(6-7-31(26)27)21-5-3-4-20(12-21)18-30-8-10-34-11-9-30/h5-7,12-16,26H,3-4,8-11,17-18H2,1-2H3,(H,29,32). The maximum atomic E-state index is 11.6. The molecule has 3 aliphatic heterocycles. The van der Waals surface area contributed by atoms with Gasteiger partial charge in [-0.15, -0.1) is 0 Å². The Morgan fingerprint density at radius 1 is 1.21 bits per heavy atom. The summed E-state index contributed by atoms with van der Waals surface area (Å²) in [4.78, 5) is 21.1. The van der Waals surface area contributed by atoms with Crippen LogP contribution in [-0.2, 0) is 9.53 Å². The molecule has 4 aliphatic rings. The van der Waals surface area contributed by atoms with E-state index in [1.165, 1.54) is 23.6 Å². The zero-order chi connectivity index (χ0) is 23.5. The Morgan fingerprint density at radius 2 is 2.06 bits per heavy atom. The maximum absolute atomic E-state index is 11.6. The molecule has 1 aromatic carbocycles. The van der Waals surface area contributed by atoms with Crippen molar-refractivity contribution in [2.24, 2.45) is 4.99 Å². The summed E-state index contributed by atoms with van der Waals surface area (Å²) in [6.45, 7) is 6.89. The summed E-state index contributed by atoms with van der Waals surface area (Å²) in [6.07, 6.45) is 13.4. The lowest BCUT2D eigenvalue weighted by atomic mass is 9.92. The van der Waals surface area contributed by atoms with Gasteiger partial charge in [-0.2, -0.15) is 0 Å². The number of carbonyl (C=O) groups excluding carboxylic acids is 1. The van der Waals surface area contributed by atoms with Gasteiger partial charge in [0.05, 0.1) is 32.9 Å². The molecule has 1 aromatic rings. The first-order chi connectivity index (χ1) is 16.6. The zero-order valence-corrected chi connectivity index (χ0v) is 19.9. The summed E-state index contributed by atoms with van der Waals surface area (Å²) in [5, 5.41) is 2.87. The van der Waals surface area contributed by atoms with E-state index in [2.05, 4.69) is 45.6 Å². The van der Waals surface area contributed by atoms with Crippen LogP contribution >= 0.6 is 0 Å². The molecule has 7 heteroatoms. The van der Waals surface area contributed by atoms with E-state index in [-0.39, 0.29) is 11.9 Å². The maximum Gasteiger partial charge on any atom is 0.221 e. The van der Waals surface area contributed by atoms with Gasteiger partial charge in [0.15, 0.2) is 0 Å². The Balaban J connectivity index is 1.31. The lowest BCUT2D eigenvalue weighted by Gasteiger charge is -2.29. The van der Waals surface area contributed by atoms with Crippen molar-refractivity contribution in [1.29, 1.82) is 0 Å². The number of morpholine rings is 1. The number of rotatable bonds is 6. The molecule has 0 aromatic heterocycles. The highest BCUT2D eigenvalue weighted by atomic mass is 16.5. The third kappa shape index (κ3) is 5.00. The molecule has 1 amide bonds. The van der Waals surface area contributed by atoms with Crippen molar-refractivity contribution in [3.8, 4) is 5.75 Å². The van der Waals surface area contributed by atoms with E-state index < -0.39 is 0 Å². The van der Waals surface area contributed by atoms with Gasteiger partial charge in [0.25, 0.3) is 0 Å². The van der Waals surface area contributed by atoms with E-state index in [0.717, 1.165) is 68.5 Å². The van der Waals surface area contributed by atoms with Gasteiger partial charge >= 0.3 is 0 Å². The van der Waals surface area contributed by atoms with E-state index in [4.69, 9.17) is 14.5 Å². The van der Waals surface area contributed by atoms with Crippen LogP contribution in [0.15, 0.2) is 70.4 Å². The Hall–Kier alpha value is -3.16. The van der Waals surface area contributed by atoms with Crippen molar-refractivity contribution in [3.63, 3.8) is 0 Å². The van der Waals surface area contributed by atoms with Gasteiger partial charge < -0.3 is 19.7 Å². The van der Waals surface area contributed by atoms with E-state index in [1.54, 1.807) is 7.11 Å². The molecule has 7 nitrogen and oxygen atoms in total. The average molecular weight is 461 g/mol. The van der Waals surface area contributed by atoms with Crippen molar-refractivity contribution in [2.75, 3.05) is 51.8 Å². The average Bonchev–Trinajstić information content (AvgIpc) is 3.27. The van der Waals surface area contributed by atoms with Crippen molar-refractivity contribution in [1.82, 2.24) is 9.80 Å². The Labute approximate surface area is 201 Å². The molecule has 0 saturated carbocycles. The minimum absolute atomic E-state index is 0.0689. The molecule has 0 bridgehead atoms. The number of allylic oxidation sites excluding steroid dienone is 5. The number of amides is 1. The predicted octanol–water partition coefficient (Wildman–Crippen LogP) is 3.84. The fraction of sp³-hybridized carbons (Fsp3) is 0.407. The lowest BCUT2D eigenvalue weighted by molar-refractivity contribution is -0.114. The first-order valence-electron chi connectivity index (χ1n) is 12.0. The Kier molecular flexibility index (Phi) is 6.65. The molecule has 1 unspecified atom stereocenters. The van der Waals surface area contributed by atoms with Gasteiger partial charge in [-0.25, -0.2) is 0 Å². The minimum atomic E-state index is -0.102. The fourth-order valence-corrected chi connectivity index (χ4v) is 4.95. The van der Waals surface area contributed by atoms with E-state index in [0.29, 0.717) is 6.54 Å². The van der Waals surface area contributed by atoms with Crippen molar-refractivity contribution >= 4 is 17.4 Å². The lowest BCUT2D eigenvalue weighted by Crippen LogP contribution is -2.37. The van der Waals surface area contributed by atoms with E-state index >= 15 is 0 Å². The van der Waals surface area contributed by atoms with Crippen LogP contribution in [0.4, 0.5) is 5.69 Å². The number of aliphatic imine (C=N–C) groups is 1.